The zero-order valence-electron chi connectivity index (χ0n) is 51.1. The summed E-state index contributed by atoms with van der Waals surface area (Å²) in [6.45, 7) is 12.0. The second-order valence-corrected chi connectivity index (χ2v) is 28.3. The summed E-state index contributed by atoms with van der Waals surface area (Å²) in [6, 6.07) is 11.5. The Morgan fingerprint density at radius 2 is 1.71 bits per heavy atom. The Bertz CT molecular complexity index is 2800. The van der Waals surface area contributed by atoms with E-state index in [1.807, 2.05) is 24.3 Å². The molecule has 3 aromatic carbocycles. The number of allylic oxidation sites excluding steroid dienone is 2. The fraction of sp³-hybridized carbons (Fsp3) is 0.700. The second-order valence-electron chi connectivity index (χ2n) is 28.3. The lowest BCUT2D eigenvalue weighted by Crippen LogP contribution is -2.52. The third-order valence-electron chi connectivity index (χ3n) is 22.6. The third-order valence-corrected chi connectivity index (χ3v) is 22.6. The molecule has 9 N–H and O–H groups in total. The molecule has 0 radical (unpaired) electrons. The molecule has 8 bridgehead atoms. The number of rotatable bonds is 11. The molecule has 13 heteroatoms. The lowest BCUT2D eigenvalue weighted by molar-refractivity contribution is -0.158. The molecule has 0 aromatic heterocycles. The van der Waals surface area contributed by atoms with Crippen molar-refractivity contribution in [2.45, 2.75) is 205 Å². The average molecular weight is 1140 g/mol. The molecule has 6 heterocycles. The first-order valence-corrected chi connectivity index (χ1v) is 32.8. The summed E-state index contributed by atoms with van der Waals surface area (Å²) in [5.41, 5.74) is 13.5. The minimum atomic E-state index is -0.921. The topological polar surface area (TPSA) is 201 Å². The van der Waals surface area contributed by atoms with Gasteiger partial charge in [-0.2, -0.15) is 0 Å². The van der Waals surface area contributed by atoms with Crippen LogP contribution in [0, 0.1) is 58.2 Å². The van der Waals surface area contributed by atoms with Gasteiger partial charge in [-0.3, -0.25) is 4.99 Å². The summed E-state index contributed by atoms with van der Waals surface area (Å²) >= 11 is 0. The van der Waals surface area contributed by atoms with Gasteiger partial charge in [0.1, 0.15) is 29.5 Å². The SMILES string of the molecule is CCCCC[C@H](C)[C@@H]1C[C@H]2C=C[C@@H]1C[C@@H](O)C[C@]1(CCC[C@@]13CCO[C@@]1(CC[C@H](CNC)C1)C3)CN=C(N)NCC[C@@H]1[C@@H](CO)CCC[C@@H]1Oc1cc(ccc1O)[C@@H]1Oc3cc(OC)c4c(c3C[C@H]1O)[C@H]2Cc1cc(O)c(CC(C)C)cc1-4. The van der Waals surface area contributed by atoms with Crippen molar-refractivity contribution >= 4 is 5.96 Å². The van der Waals surface area contributed by atoms with Crippen LogP contribution in [0.1, 0.15) is 190 Å². The van der Waals surface area contributed by atoms with Crippen molar-refractivity contribution in [3.05, 3.63) is 76.4 Å². The van der Waals surface area contributed by atoms with E-state index in [1.54, 1.807) is 13.2 Å². The number of fused-ring (bicyclic) bond motifs is 2. The number of guanidine groups is 1. The molecule has 5 aliphatic carbocycles. The number of unbranched alkanes of at least 4 members (excludes halogenated alkanes) is 2. The highest BCUT2D eigenvalue weighted by Gasteiger charge is 2.61. The van der Waals surface area contributed by atoms with Crippen LogP contribution < -0.4 is 30.6 Å². The minimum Gasteiger partial charge on any atom is -0.508 e. The fourth-order valence-corrected chi connectivity index (χ4v) is 18.5. The Morgan fingerprint density at radius 3 is 2.51 bits per heavy atom. The molecule has 0 amide bonds. The van der Waals surface area contributed by atoms with Crippen LogP contribution in [0.15, 0.2) is 53.5 Å². The van der Waals surface area contributed by atoms with E-state index in [-0.39, 0.29) is 64.5 Å². The third kappa shape index (κ3) is 12.2. The van der Waals surface area contributed by atoms with E-state index in [9.17, 15) is 25.5 Å². The van der Waals surface area contributed by atoms with Gasteiger partial charge >= 0.3 is 0 Å². The van der Waals surface area contributed by atoms with E-state index in [1.165, 1.54) is 19.3 Å². The smallest absolute Gasteiger partial charge is 0.188 e. The normalized spacial score (nSPS) is 34.7. The quantitative estimate of drug-likeness (QED) is 0.0668. The van der Waals surface area contributed by atoms with Crippen molar-refractivity contribution in [3.8, 4) is 39.9 Å². The second kappa shape index (κ2) is 25.4. The van der Waals surface area contributed by atoms with Gasteiger partial charge in [0.15, 0.2) is 17.5 Å². The van der Waals surface area contributed by atoms with Crippen molar-refractivity contribution in [1.29, 1.82) is 0 Å². The number of nitrogens with one attached hydrogen (secondary N) is 2. The Kier molecular flexibility index (Phi) is 18.4. The number of phenolic OH excluding ortho intramolecular Hbond substituents is 2. The molecule has 14 rings (SSSR count). The van der Waals surface area contributed by atoms with E-state index in [0.717, 1.165) is 136 Å². The number of nitrogens with two attached hydrogens (primary N) is 1. The molecule has 0 unspecified atom stereocenters. The van der Waals surface area contributed by atoms with Gasteiger partial charge in [-0.15, -0.1) is 0 Å². The summed E-state index contributed by atoms with van der Waals surface area (Å²) in [4.78, 5) is 5.31. The monoisotopic (exact) mass is 1140 g/mol. The van der Waals surface area contributed by atoms with Crippen LogP contribution in [0.5, 0.6) is 28.7 Å². The molecule has 3 aromatic rings. The Morgan fingerprint density at radius 1 is 0.880 bits per heavy atom. The molecule has 11 aliphatic rings. The zero-order valence-corrected chi connectivity index (χ0v) is 51.1. The standard InChI is InChI=1S/C70H102N4O9/c1-7-8-9-12-43(4)53-29-46-16-15-45(53)28-51(76)37-69(22-11-21-68(69)24-26-81-70(40-68)23-19-44(36-70)38-72-5)41-74-67(71)73-25-20-52-48(39-75)13-10-14-60(52)82-62-33-47(17-18-57(62)77)66-59(79)34-56-61(83-66)35-63(80-6)65-55-31-50(27-42(2)3)58(78)32-49(55)30-54(46)64(56)65/h15-18,31-33,35,42-46,48,51-54,59-60,66,72,75-79H,7-14,19-30,34,36-41H2,1-6H3,(H3,71,73,74)/t43-,44-,45+,46+,48+,51+,52+,53-,54-,59+,60-,66-,68-,69+,70+/m0/s1. The first-order valence-electron chi connectivity index (χ1n) is 32.8. The average Bonchev–Trinajstić information content (AvgIpc) is 2.39. The van der Waals surface area contributed by atoms with Crippen LogP contribution in [-0.4, -0.2) is 102 Å². The summed E-state index contributed by atoms with van der Waals surface area (Å²) in [5.74, 6) is 4.39. The lowest BCUT2D eigenvalue weighted by atomic mass is 9.55. The van der Waals surface area contributed by atoms with E-state index in [0.29, 0.717) is 103 Å². The number of hydrogen-bond acceptors (Lipinski definition) is 13. The largest absolute Gasteiger partial charge is 0.508 e. The molecule has 13 nitrogen and oxygen atoms in total. The molecule has 15 atom stereocenters. The summed E-state index contributed by atoms with van der Waals surface area (Å²) in [5, 5.41) is 66.6. The van der Waals surface area contributed by atoms with Crippen LogP contribution in [0.3, 0.4) is 0 Å². The van der Waals surface area contributed by atoms with E-state index in [4.69, 9.17) is 29.7 Å². The van der Waals surface area contributed by atoms with Gasteiger partial charge in [0.2, 0.25) is 0 Å². The van der Waals surface area contributed by atoms with Crippen LogP contribution >= 0.6 is 0 Å². The fourth-order valence-electron chi connectivity index (χ4n) is 18.5. The first-order chi connectivity index (χ1) is 40.1. The van der Waals surface area contributed by atoms with Crippen LogP contribution in [0.2, 0.25) is 0 Å². The van der Waals surface area contributed by atoms with Gasteiger partial charge in [0.25, 0.3) is 0 Å². The summed E-state index contributed by atoms with van der Waals surface area (Å²) < 4.78 is 27.3. The highest BCUT2D eigenvalue weighted by Crippen LogP contribution is 2.66. The maximum atomic E-state index is 13.1. The molecule has 1 saturated heterocycles. The van der Waals surface area contributed by atoms with Crippen molar-refractivity contribution in [2.75, 3.05) is 47.0 Å². The highest BCUT2D eigenvalue weighted by atomic mass is 16.5. The molecule has 4 fully saturated rings. The van der Waals surface area contributed by atoms with Crippen LogP contribution in [-0.2, 0) is 24.0 Å². The molecular formula is C70H102N4O9. The van der Waals surface area contributed by atoms with Crippen LogP contribution in [0.25, 0.3) is 11.1 Å². The van der Waals surface area contributed by atoms with Crippen molar-refractivity contribution in [2.24, 2.45) is 68.9 Å². The number of aliphatic imine (C=N–C) groups is 1. The van der Waals surface area contributed by atoms with E-state index >= 15 is 0 Å². The van der Waals surface area contributed by atoms with Gasteiger partial charge in [0, 0.05) is 55.8 Å². The van der Waals surface area contributed by atoms with Gasteiger partial charge < -0.3 is 60.8 Å². The zero-order chi connectivity index (χ0) is 58.2. The number of methoxy groups -OCH3 is 1. The maximum Gasteiger partial charge on any atom is 0.188 e. The molecule has 3 spiro atoms. The predicted octanol–water partition coefficient (Wildman–Crippen LogP) is 12.0. The Balaban J connectivity index is 1.02. The highest BCUT2D eigenvalue weighted by molar-refractivity contribution is 5.84. The van der Waals surface area contributed by atoms with Gasteiger partial charge in [-0.25, -0.2) is 0 Å². The molecule has 3 saturated carbocycles. The lowest BCUT2D eigenvalue weighted by Gasteiger charge is -2.54. The number of aromatic hydroxyl groups is 2. The Hall–Kier alpha value is -4.53. The van der Waals surface area contributed by atoms with E-state index in [2.05, 4.69) is 63.6 Å². The minimum absolute atomic E-state index is 0.00587. The van der Waals surface area contributed by atoms with Gasteiger partial charge in [-0.05, 0) is 227 Å². The molecule has 456 valence electrons. The van der Waals surface area contributed by atoms with Crippen LogP contribution in [0.4, 0.5) is 0 Å². The number of phenols is 2. The van der Waals surface area contributed by atoms with Crippen molar-refractivity contribution in [1.82, 2.24) is 10.6 Å². The number of aliphatic hydroxyl groups excluding tert-OH is 3. The summed E-state index contributed by atoms with van der Waals surface area (Å²) in [7, 11) is 3.79. The van der Waals surface area contributed by atoms with Gasteiger partial charge in [-0.1, -0.05) is 78.0 Å². The van der Waals surface area contributed by atoms with Gasteiger partial charge in [0.05, 0.1) is 24.9 Å². The van der Waals surface area contributed by atoms with Crippen molar-refractivity contribution in [3.63, 3.8) is 0 Å². The number of benzene rings is 3. The number of ether oxygens (including phenoxy) is 4. The van der Waals surface area contributed by atoms with E-state index < -0.39 is 18.3 Å². The number of nitrogens with zero attached hydrogens (tertiary/aromatic N) is 1. The maximum absolute atomic E-state index is 13.1. The molecule has 6 aliphatic heterocycles. The first kappa shape index (κ1) is 60.2. The Labute approximate surface area is 496 Å². The number of aliphatic hydroxyl groups is 3. The molecular weight excluding hydrogens is 1040 g/mol. The number of hydrogen-bond donors (Lipinski definition) is 8. The summed E-state index contributed by atoms with van der Waals surface area (Å²) in [6.07, 6.45) is 22.9. The predicted molar refractivity (Wildman–Crippen MR) is 328 cm³/mol. The van der Waals surface area contributed by atoms with Crippen molar-refractivity contribution < 1.29 is 44.5 Å². The molecule has 83 heavy (non-hydrogen) atoms.